The van der Waals surface area contributed by atoms with Gasteiger partial charge in [0.05, 0.1) is 18.1 Å². The van der Waals surface area contributed by atoms with Crippen LogP contribution in [0.3, 0.4) is 0 Å². The van der Waals surface area contributed by atoms with E-state index in [2.05, 4.69) is 32.0 Å². The first-order valence-corrected chi connectivity index (χ1v) is 9.63. The van der Waals surface area contributed by atoms with Crippen LogP contribution in [0, 0.1) is 5.92 Å². The average Bonchev–Trinajstić information content (AvgIpc) is 3.20. The van der Waals surface area contributed by atoms with Crippen molar-refractivity contribution in [2.24, 2.45) is 5.92 Å². The van der Waals surface area contributed by atoms with Crippen LogP contribution in [0.2, 0.25) is 0 Å². The zero-order valence-electron chi connectivity index (χ0n) is 14.5. The molecule has 0 aromatic carbocycles. The zero-order chi connectivity index (χ0) is 17.5. The van der Waals surface area contributed by atoms with Crippen LogP contribution in [0.15, 0.2) is 48.1 Å². The van der Waals surface area contributed by atoms with E-state index >= 15 is 0 Å². The molecule has 0 aliphatic rings. The standard InChI is InChI=1S/C18H22N6S/c1-14(5-7-17-20-11-16(25-2)12-21-17)4-6-15-10-22-18(13-19-15)24-9-3-8-23-24/h3,8-14H,4-7H2,1-2H3. The summed E-state index contributed by atoms with van der Waals surface area (Å²) in [6.07, 6.45) is 17.0. The first kappa shape index (κ1) is 17.5. The van der Waals surface area contributed by atoms with Gasteiger partial charge in [0.1, 0.15) is 5.82 Å². The summed E-state index contributed by atoms with van der Waals surface area (Å²) >= 11 is 1.66. The molecule has 0 radical (unpaired) electrons. The fourth-order valence-electron chi connectivity index (χ4n) is 2.49. The van der Waals surface area contributed by atoms with E-state index in [1.165, 1.54) is 0 Å². The topological polar surface area (TPSA) is 69.4 Å². The average molecular weight is 354 g/mol. The van der Waals surface area contributed by atoms with E-state index in [1.54, 1.807) is 28.8 Å². The smallest absolute Gasteiger partial charge is 0.171 e. The van der Waals surface area contributed by atoms with Crippen LogP contribution in [0.4, 0.5) is 0 Å². The van der Waals surface area contributed by atoms with Gasteiger partial charge in [-0.15, -0.1) is 11.8 Å². The van der Waals surface area contributed by atoms with Gasteiger partial charge in [-0.1, -0.05) is 6.92 Å². The van der Waals surface area contributed by atoms with Crippen LogP contribution in [0.1, 0.15) is 31.3 Å². The third kappa shape index (κ3) is 5.09. The molecular weight excluding hydrogens is 332 g/mol. The monoisotopic (exact) mass is 354 g/mol. The summed E-state index contributed by atoms with van der Waals surface area (Å²) in [5.74, 6) is 2.26. The highest BCUT2D eigenvalue weighted by Crippen LogP contribution is 2.15. The number of rotatable bonds is 8. The van der Waals surface area contributed by atoms with Crippen LogP contribution in [0.25, 0.3) is 5.82 Å². The second kappa shape index (κ2) is 8.71. The van der Waals surface area contributed by atoms with Gasteiger partial charge in [-0.25, -0.2) is 19.6 Å². The lowest BCUT2D eigenvalue weighted by atomic mass is 9.98. The van der Waals surface area contributed by atoms with Gasteiger partial charge in [-0.3, -0.25) is 4.98 Å². The van der Waals surface area contributed by atoms with Gasteiger partial charge in [0.25, 0.3) is 0 Å². The molecule has 1 unspecified atom stereocenters. The number of hydrogen-bond donors (Lipinski definition) is 0. The molecule has 3 aromatic heterocycles. The molecule has 6 nitrogen and oxygen atoms in total. The van der Waals surface area contributed by atoms with Gasteiger partial charge >= 0.3 is 0 Å². The van der Waals surface area contributed by atoms with Crippen molar-refractivity contribution < 1.29 is 0 Å². The van der Waals surface area contributed by atoms with E-state index in [0.29, 0.717) is 5.92 Å². The molecule has 130 valence electrons. The van der Waals surface area contributed by atoms with Gasteiger partial charge in [0.15, 0.2) is 5.82 Å². The number of hydrogen-bond acceptors (Lipinski definition) is 6. The van der Waals surface area contributed by atoms with Crippen molar-refractivity contribution >= 4 is 11.8 Å². The van der Waals surface area contributed by atoms with Crippen molar-refractivity contribution in [2.75, 3.05) is 6.26 Å². The third-order valence-corrected chi connectivity index (χ3v) is 4.78. The Bertz CT molecular complexity index is 755. The molecule has 3 rings (SSSR count). The van der Waals surface area contributed by atoms with Gasteiger partial charge in [-0.2, -0.15) is 5.10 Å². The molecule has 0 fully saturated rings. The number of aryl methyl sites for hydroxylation is 2. The molecule has 0 bridgehead atoms. The second-order valence-electron chi connectivity index (χ2n) is 6.04. The predicted octanol–water partition coefficient (Wildman–Crippen LogP) is 3.38. The Morgan fingerprint density at radius 1 is 1.00 bits per heavy atom. The molecule has 3 aromatic rings. The largest absolute Gasteiger partial charge is 0.256 e. The molecule has 0 spiro atoms. The van der Waals surface area contributed by atoms with Crippen molar-refractivity contribution in [3.05, 3.63) is 54.8 Å². The minimum absolute atomic E-state index is 0.594. The maximum absolute atomic E-state index is 4.49. The maximum Gasteiger partial charge on any atom is 0.171 e. The van der Waals surface area contributed by atoms with E-state index < -0.39 is 0 Å². The van der Waals surface area contributed by atoms with Crippen LogP contribution in [-0.2, 0) is 12.8 Å². The fourth-order valence-corrected chi connectivity index (χ4v) is 2.81. The zero-order valence-corrected chi connectivity index (χ0v) is 15.4. The highest BCUT2D eigenvalue weighted by molar-refractivity contribution is 7.98. The van der Waals surface area contributed by atoms with Crippen molar-refractivity contribution in [2.45, 2.75) is 37.5 Å². The molecule has 7 heteroatoms. The first-order chi connectivity index (χ1) is 12.2. The SMILES string of the molecule is CSc1cnc(CCC(C)CCc2cnc(-n3cccn3)cn2)nc1. The van der Waals surface area contributed by atoms with E-state index in [-0.39, 0.29) is 0 Å². The lowest BCUT2D eigenvalue weighted by Crippen LogP contribution is -2.04. The molecular formula is C18H22N6S. The summed E-state index contributed by atoms with van der Waals surface area (Å²) in [7, 11) is 0. The highest BCUT2D eigenvalue weighted by Gasteiger charge is 2.07. The van der Waals surface area contributed by atoms with Crippen LogP contribution >= 0.6 is 11.8 Å². The molecule has 0 saturated heterocycles. The van der Waals surface area contributed by atoms with E-state index in [9.17, 15) is 0 Å². The lowest BCUT2D eigenvalue weighted by Gasteiger charge is -2.10. The Morgan fingerprint density at radius 2 is 1.80 bits per heavy atom. The molecule has 0 aliphatic carbocycles. The summed E-state index contributed by atoms with van der Waals surface area (Å²) in [4.78, 5) is 18.8. The Labute approximate surface area is 152 Å². The van der Waals surface area contributed by atoms with E-state index in [1.807, 2.05) is 37.1 Å². The van der Waals surface area contributed by atoms with Crippen molar-refractivity contribution in [3.8, 4) is 5.82 Å². The minimum atomic E-state index is 0.594. The highest BCUT2D eigenvalue weighted by atomic mass is 32.2. The predicted molar refractivity (Wildman–Crippen MR) is 98.8 cm³/mol. The number of thioether (sulfide) groups is 1. The van der Waals surface area contributed by atoms with Crippen LogP contribution < -0.4 is 0 Å². The molecule has 0 saturated carbocycles. The third-order valence-electron chi connectivity index (χ3n) is 4.10. The fraction of sp³-hybridized carbons (Fsp3) is 0.389. The summed E-state index contributed by atoms with van der Waals surface area (Å²) in [6, 6.07) is 1.87. The van der Waals surface area contributed by atoms with Gasteiger partial charge in [0, 0.05) is 36.1 Å². The Kier molecular flexibility index (Phi) is 6.11. The van der Waals surface area contributed by atoms with Crippen molar-refractivity contribution in [1.29, 1.82) is 0 Å². The summed E-state index contributed by atoms with van der Waals surface area (Å²) in [5.41, 5.74) is 1.02. The summed E-state index contributed by atoms with van der Waals surface area (Å²) in [5, 5.41) is 4.16. The van der Waals surface area contributed by atoms with Crippen molar-refractivity contribution in [3.63, 3.8) is 0 Å². The first-order valence-electron chi connectivity index (χ1n) is 8.40. The van der Waals surface area contributed by atoms with E-state index in [4.69, 9.17) is 0 Å². The number of aromatic nitrogens is 6. The van der Waals surface area contributed by atoms with Gasteiger partial charge in [0.2, 0.25) is 0 Å². The molecule has 0 aliphatic heterocycles. The normalized spacial score (nSPS) is 12.2. The molecule has 3 heterocycles. The maximum atomic E-state index is 4.49. The van der Waals surface area contributed by atoms with Crippen LogP contribution in [-0.4, -0.2) is 36.0 Å². The van der Waals surface area contributed by atoms with Crippen LogP contribution in [0.5, 0.6) is 0 Å². The molecule has 25 heavy (non-hydrogen) atoms. The Hall–Kier alpha value is -2.28. The Balaban J connectivity index is 1.44. The summed E-state index contributed by atoms with van der Waals surface area (Å²) < 4.78 is 1.71. The van der Waals surface area contributed by atoms with Gasteiger partial charge < -0.3 is 0 Å². The van der Waals surface area contributed by atoms with E-state index in [0.717, 1.165) is 47.9 Å². The second-order valence-corrected chi connectivity index (χ2v) is 6.92. The Morgan fingerprint density at radius 3 is 2.44 bits per heavy atom. The molecule has 0 N–H and O–H groups in total. The quantitative estimate of drug-likeness (QED) is 0.578. The molecule has 0 amide bonds. The minimum Gasteiger partial charge on any atom is -0.256 e. The molecule has 1 atom stereocenters. The van der Waals surface area contributed by atoms with Gasteiger partial charge in [-0.05, 0) is 37.5 Å². The summed E-state index contributed by atoms with van der Waals surface area (Å²) in [6.45, 7) is 2.27. The van der Waals surface area contributed by atoms with Crippen molar-refractivity contribution in [1.82, 2.24) is 29.7 Å². The number of nitrogens with zero attached hydrogens (tertiary/aromatic N) is 6. The lowest BCUT2D eigenvalue weighted by molar-refractivity contribution is 0.483.